The summed E-state index contributed by atoms with van der Waals surface area (Å²) < 4.78 is 11.3. The van der Waals surface area contributed by atoms with Gasteiger partial charge in [-0.15, -0.1) is 0 Å². The van der Waals surface area contributed by atoms with Gasteiger partial charge in [0.05, 0.1) is 17.7 Å². The molecule has 1 unspecified atom stereocenters. The highest BCUT2D eigenvalue weighted by Crippen LogP contribution is 2.37. The fourth-order valence-electron chi connectivity index (χ4n) is 3.81. The third-order valence-electron chi connectivity index (χ3n) is 5.47. The van der Waals surface area contributed by atoms with Crippen LogP contribution < -0.4 is 5.32 Å². The molecule has 1 aliphatic rings. The molecule has 0 spiro atoms. The van der Waals surface area contributed by atoms with Crippen molar-refractivity contribution in [1.82, 2.24) is 20.4 Å². The van der Waals surface area contributed by atoms with Crippen LogP contribution in [0.5, 0.6) is 0 Å². The Kier molecular flexibility index (Phi) is 7.11. The van der Waals surface area contributed by atoms with Crippen molar-refractivity contribution >= 4 is 23.2 Å². The molecular formula is C25H27ClN4O3. The van der Waals surface area contributed by atoms with Crippen LogP contribution in [0.2, 0.25) is 5.02 Å². The first-order valence-electron chi connectivity index (χ1n) is 11.0. The van der Waals surface area contributed by atoms with E-state index in [1.807, 2.05) is 63.2 Å². The molecule has 2 aromatic carbocycles. The second-order valence-corrected chi connectivity index (χ2v) is 8.58. The summed E-state index contributed by atoms with van der Waals surface area (Å²) >= 11 is 6.00. The molecule has 2 heterocycles. The van der Waals surface area contributed by atoms with Crippen molar-refractivity contribution in [3.05, 3.63) is 76.8 Å². The maximum Gasteiger partial charge on any atom is 0.322 e. The number of benzene rings is 2. The monoisotopic (exact) mass is 466 g/mol. The molecule has 3 aromatic rings. The van der Waals surface area contributed by atoms with Crippen LogP contribution >= 0.6 is 11.6 Å². The first-order chi connectivity index (χ1) is 15.9. The van der Waals surface area contributed by atoms with Gasteiger partial charge in [0.1, 0.15) is 0 Å². The largest absolute Gasteiger partial charge is 0.379 e. The highest BCUT2D eigenvalue weighted by atomic mass is 35.5. The van der Waals surface area contributed by atoms with E-state index in [0.29, 0.717) is 36.3 Å². The molecule has 0 saturated heterocycles. The zero-order chi connectivity index (χ0) is 23.4. The molecule has 0 saturated carbocycles. The van der Waals surface area contributed by atoms with Crippen molar-refractivity contribution in [2.24, 2.45) is 0 Å². The summed E-state index contributed by atoms with van der Waals surface area (Å²) in [4.78, 5) is 19.4. The van der Waals surface area contributed by atoms with Crippen molar-refractivity contribution in [2.45, 2.75) is 39.3 Å². The number of amides is 2. The third kappa shape index (κ3) is 5.26. The van der Waals surface area contributed by atoms with Gasteiger partial charge in [-0.3, -0.25) is 4.90 Å². The number of hydrogen-bond acceptors (Lipinski definition) is 5. The van der Waals surface area contributed by atoms with Crippen molar-refractivity contribution in [1.29, 1.82) is 0 Å². The maximum absolute atomic E-state index is 13.0. The number of nitrogens with one attached hydrogen (secondary N) is 1. The molecule has 2 amide bonds. The van der Waals surface area contributed by atoms with E-state index < -0.39 is 6.04 Å². The second kappa shape index (κ2) is 10.2. The Bertz CT molecular complexity index is 1130. The number of hydrogen-bond donors (Lipinski definition) is 1. The third-order valence-corrected chi connectivity index (χ3v) is 5.72. The second-order valence-electron chi connectivity index (χ2n) is 8.15. The van der Waals surface area contributed by atoms with Gasteiger partial charge in [-0.25, -0.2) is 4.79 Å². The molecule has 33 heavy (non-hydrogen) atoms. The lowest BCUT2D eigenvalue weighted by molar-refractivity contribution is 0.0736. The molecule has 1 aromatic heterocycles. The van der Waals surface area contributed by atoms with E-state index in [-0.39, 0.29) is 12.1 Å². The van der Waals surface area contributed by atoms with Crippen molar-refractivity contribution in [3.8, 4) is 11.4 Å². The molecule has 4 rings (SSSR count). The van der Waals surface area contributed by atoms with Crippen molar-refractivity contribution in [2.75, 3.05) is 13.2 Å². The quantitative estimate of drug-likeness (QED) is 0.430. The Morgan fingerprint density at radius 2 is 1.88 bits per heavy atom. The van der Waals surface area contributed by atoms with Crippen LogP contribution in [-0.4, -0.2) is 40.3 Å². The van der Waals surface area contributed by atoms with E-state index in [1.54, 1.807) is 17.0 Å². The summed E-state index contributed by atoms with van der Waals surface area (Å²) in [5.41, 5.74) is 3.29. The highest BCUT2D eigenvalue weighted by molar-refractivity contribution is 6.30. The zero-order valence-electron chi connectivity index (χ0n) is 18.9. The van der Waals surface area contributed by atoms with Gasteiger partial charge < -0.3 is 14.6 Å². The van der Waals surface area contributed by atoms with Crippen LogP contribution in [0.1, 0.15) is 44.7 Å². The van der Waals surface area contributed by atoms with Gasteiger partial charge in [0.25, 0.3) is 5.89 Å². The fraction of sp³-hybridized carbons (Fsp3) is 0.320. The smallest absolute Gasteiger partial charge is 0.322 e. The molecule has 172 valence electrons. The fourth-order valence-corrected chi connectivity index (χ4v) is 3.94. The number of carbonyl (C=O) groups excluding carboxylic acids is 1. The summed E-state index contributed by atoms with van der Waals surface area (Å²) in [6.07, 6.45) is 0.867. The molecule has 0 aliphatic carbocycles. The Hall–Kier alpha value is -3.16. The van der Waals surface area contributed by atoms with Gasteiger partial charge in [-0.2, -0.15) is 4.98 Å². The first kappa shape index (κ1) is 23.0. The Balaban J connectivity index is 1.69. The van der Waals surface area contributed by atoms with Crippen molar-refractivity contribution in [3.63, 3.8) is 0 Å². The predicted molar refractivity (Wildman–Crippen MR) is 127 cm³/mol. The van der Waals surface area contributed by atoms with Crippen LogP contribution in [0.4, 0.5) is 4.79 Å². The number of urea groups is 1. The van der Waals surface area contributed by atoms with E-state index >= 15 is 0 Å². The topological polar surface area (TPSA) is 80.5 Å². The normalized spacial score (nSPS) is 16.5. The van der Waals surface area contributed by atoms with Crippen LogP contribution in [0.3, 0.4) is 0 Å². The summed E-state index contributed by atoms with van der Waals surface area (Å²) in [6.45, 7) is 7.00. The van der Waals surface area contributed by atoms with E-state index in [0.717, 1.165) is 22.4 Å². The average Bonchev–Trinajstić information content (AvgIpc) is 3.28. The molecule has 0 bridgehead atoms. The summed E-state index contributed by atoms with van der Waals surface area (Å²) in [6, 6.07) is 16.5. The summed E-state index contributed by atoms with van der Waals surface area (Å²) in [5.74, 6) is 0.831. The number of carbonyl (C=O) groups is 1. The van der Waals surface area contributed by atoms with Gasteiger partial charge in [0.2, 0.25) is 5.82 Å². The minimum absolute atomic E-state index is 0.152. The Morgan fingerprint density at radius 1 is 1.15 bits per heavy atom. The lowest BCUT2D eigenvalue weighted by atomic mass is 9.94. The standard InChI is InChI=1S/C25H27ClN4O3/c1-16(2)32-15-7-14-30-17(3)21(22(27-25(30)31)18-8-5-4-6-9-18)24-28-23(29-33-24)19-10-12-20(26)13-11-19/h4-6,8-13,16,22H,7,14-15H2,1-3H3,(H,27,31). The minimum atomic E-state index is -0.402. The first-order valence-corrected chi connectivity index (χ1v) is 11.4. The number of ether oxygens (including phenoxy) is 1. The van der Waals surface area contributed by atoms with Crippen LogP contribution in [0, 0.1) is 0 Å². The lowest BCUT2D eigenvalue weighted by Crippen LogP contribution is -2.46. The van der Waals surface area contributed by atoms with Gasteiger partial charge in [-0.05, 0) is 57.0 Å². The average molecular weight is 467 g/mol. The van der Waals surface area contributed by atoms with E-state index in [2.05, 4.69) is 15.5 Å². The summed E-state index contributed by atoms with van der Waals surface area (Å²) in [7, 11) is 0. The van der Waals surface area contributed by atoms with E-state index in [9.17, 15) is 4.79 Å². The molecule has 1 aliphatic heterocycles. The molecule has 1 N–H and O–H groups in total. The zero-order valence-corrected chi connectivity index (χ0v) is 19.7. The van der Waals surface area contributed by atoms with E-state index in [4.69, 9.17) is 20.9 Å². The van der Waals surface area contributed by atoms with Gasteiger partial charge in [0.15, 0.2) is 0 Å². The number of allylic oxidation sites excluding steroid dienone is 1. The number of halogens is 1. The van der Waals surface area contributed by atoms with Crippen LogP contribution in [-0.2, 0) is 4.74 Å². The summed E-state index contributed by atoms with van der Waals surface area (Å²) in [5, 5.41) is 7.93. The minimum Gasteiger partial charge on any atom is -0.379 e. The van der Waals surface area contributed by atoms with Gasteiger partial charge in [-0.1, -0.05) is 47.1 Å². The number of nitrogens with zero attached hydrogens (tertiary/aromatic N) is 3. The SMILES string of the molecule is CC1=C(c2nc(-c3ccc(Cl)cc3)no2)C(c2ccccc2)NC(=O)N1CCCOC(C)C. The Morgan fingerprint density at radius 3 is 2.58 bits per heavy atom. The van der Waals surface area contributed by atoms with Crippen molar-refractivity contribution < 1.29 is 14.1 Å². The van der Waals surface area contributed by atoms with Gasteiger partial charge in [0, 0.05) is 29.4 Å². The van der Waals surface area contributed by atoms with Crippen LogP contribution in [0.25, 0.3) is 17.0 Å². The molecule has 8 heteroatoms. The van der Waals surface area contributed by atoms with E-state index in [1.165, 1.54) is 0 Å². The highest BCUT2D eigenvalue weighted by Gasteiger charge is 2.35. The molecule has 0 radical (unpaired) electrons. The predicted octanol–water partition coefficient (Wildman–Crippen LogP) is 5.70. The lowest BCUT2D eigenvalue weighted by Gasteiger charge is -2.35. The molecule has 0 fully saturated rings. The van der Waals surface area contributed by atoms with Crippen LogP contribution in [0.15, 0.2) is 64.8 Å². The van der Waals surface area contributed by atoms with Gasteiger partial charge >= 0.3 is 6.03 Å². The molecule has 7 nitrogen and oxygen atoms in total. The Labute approximate surface area is 198 Å². The number of rotatable bonds is 8. The molecule has 1 atom stereocenters. The maximum atomic E-state index is 13.0. The number of aromatic nitrogens is 2. The molecular weight excluding hydrogens is 440 g/mol.